The fraction of sp³-hybridized carbons (Fsp3) is 0.333. The predicted molar refractivity (Wildman–Crippen MR) is 164 cm³/mol. The molecule has 0 radical (unpaired) electrons. The number of ether oxygens (including phenoxy) is 2. The number of anilines is 2. The van der Waals surface area contributed by atoms with Gasteiger partial charge in [-0.25, -0.2) is 9.80 Å². The Balaban J connectivity index is 1.38. The summed E-state index contributed by atoms with van der Waals surface area (Å²) in [6.45, 7) is 4.84. The van der Waals surface area contributed by atoms with Crippen LogP contribution in [-0.2, 0) is 24.6 Å². The van der Waals surface area contributed by atoms with Gasteiger partial charge >= 0.3 is 0 Å². The highest BCUT2D eigenvalue weighted by Gasteiger charge is 2.75. The van der Waals surface area contributed by atoms with Crippen molar-refractivity contribution < 1.29 is 28.7 Å². The normalized spacial score (nSPS) is 28.5. The monoisotopic (exact) mass is 590 g/mol. The van der Waals surface area contributed by atoms with E-state index < -0.39 is 35.0 Å². The quantitative estimate of drug-likeness (QED) is 0.248. The number of nitrogens with zero attached hydrogens (tertiary/aromatic N) is 2. The molecule has 3 aromatic carbocycles. The first-order valence-electron chi connectivity index (χ1n) is 15.4. The van der Waals surface area contributed by atoms with E-state index in [0.717, 1.165) is 18.4 Å². The molecular formula is C36H34N2O6. The molecule has 3 fully saturated rings. The van der Waals surface area contributed by atoms with Crippen LogP contribution in [0, 0.1) is 29.6 Å². The summed E-state index contributed by atoms with van der Waals surface area (Å²) >= 11 is 0. The van der Waals surface area contributed by atoms with Gasteiger partial charge in [0.15, 0.2) is 0 Å². The number of hydrogen-bond acceptors (Lipinski definition) is 6. The number of benzene rings is 3. The van der Waals surface area contributed by atoms with E-state index in [1.807, 2.05) is 68.5 Å². The van der Waals surface area contributed by atoms with Gasteiger partial charge in [0.1, 0.15) is 11.5 Å². The Bertz CT molecular complexity index is 1590. The molecule has 3 aromatic rings. The van der Waals surface area contributed by atoms with E-state index in [-0.39, 0.29) is 23.6 Å². The fourth-order valence-electron chi connectivity index (χ4n) is 7.91. The average molecular weight is 591 g/mol. The number of amides is 4. The first-order chi connectivity index (χ1) is 21.5. The van der Waals surface area contributed by atoms with E-state index in [1.54, 1.807) is 36.4 Å². The zero-order valence-electron chi connectivity index (χ0n) is 24.7. The minimum Gasteiger partial charge on any atom is -0.491 e. The van der Waals surface area contributed by atoms with Gasteiger partial charge in [-0.3, -0.25) is 19.2 Å². The maximum atomic E-state index is 14.6. The number of carbonyl (C=O) groups is 4. The van der Waals surface area contributed by atoms with Gasteiger partial charge < -0.3 is 9.47 Å². The molecule has 4 amide bonds. The SMILES string of the molecule is CCCOc1ccccc1N1C(=O)[C@@H]2[C@@H](C1=O)C1C=CC2(c2ccccc2)[C@H]2C(=O)N(c3ccccc3OCCC)C(=O)[C@@H]12. The van der Waals surface area contributed by atoms with Crippen LogP contribution in [0.4, 0.5) is 11.4 Å². The van der Waals surface area contributed by atoms with Crippen molar-refractivity contribution in [3.8, 4) is 11.5 Å². The Morgan fingerprint density at radius 1 is 0.614 bits per heavy atom. The fourth-order valence-corrected chi connectivity index (χ4v) is 7.91. The Kier molecular flexibility index (Phi) is 6.87. The first-order valence-corrected chi connectivity index (χ1v) is 15.4. The number of para-hydroxylation sites is 4. The second-order valence-corrected chi connectivity index (χ2v) is 11.9. The summed E-state index contributed by atoms with van der Waals surface area (Å²) in [5.74, 6) is -4.57. The van der Waals surface area contributed by atoms with Crippen LogP contribution >= 0.6 is 0 Å². The van der Waals surface area contributed by atoms with E-state index in [9.17, 15) is 19.2 Å². The summed E-state index contributed by atoms with van der Waals surface area (Å²) in [7, 11) is 0. The lowest BCUT2D eigenvalue weighted by atomic mass is 9.45. The molecule has 2 bridgehead atoms. The standard InChI is InChI=1S/C36H34N2O6/c1-3-20-43-26-16-10-8-14-24(26)37-32(39)28-23-18-19-36(30(28)34(37)41,22-12-6-5-7-13-22)31-29(23)33(40)38(35(31)42)25-15-9-11-17-27(25)44-21-4-2/h5-19,23,28-31H,3-4,20-21H2,1-2H3/t23?,28-,29-,30-,31+,36?/m0/s1. The van der Waals surface area contributed by atoms with E-state index >= 15 is 0 Å². The molecule has 44 heavy (non-hydrogen) atoms. The third-order valence-corrected chi connectivity index (χ3v) is 9.56. The highest BCUT2D eigenvalue weighted by molar-refractivity contribution is 6.27. The van der Waals surface area contributed by atoms with Crippen molar-refractivity contribution in [1.29, 1.82) is 0 Å². The molecule has 0 spiro atoms. The molecule has 6 atom stereocenters. The molecule has 2 heterocycles. The van der Waals surface area contributed by atoms with Gasteiger partial charge in [0.2, 0.25) is 23.6 Å². The second kappa shape index (κ2) is 10.8. The van der Waals surface area contributed by atoms with Crippen molar-refractivity contribution in [3.63, 3.8) is 0 Å². The molecule has 8 nitrogen and oxygen atoms in total. The van der Waals surface area contributed by atoms with Gasteiger partial charge in [0, 0.05) is 11.3 Å². The van der Waals surface area contributed by atoms with Gasteiger partial charge in [-0.2, -0.15) is 0 Å². The molecule has 8 heteroatoms. The third-order valence-electron chi connectivity index (χ3n) is 9.56. The summed E-state index contributed by atoms with van der Waals surface area (Å²) in [6, 6.07) is 23.5. The van der Waals surface area contributed by atoms with Crippen LogP contribution < -0.4 is 19.3 Å². The molecule has 2 unspecified atom stereocenters. The highest BCUT2D eigenvalue weighted by atomic mass is 16.5. The van der Waals surface area contributed by atoms with Gasteiger partial charge in [-0.1, -0.05) is 80.6 Å². The van der Waals surface area contributed by atoms with Crippen molar-refractivity contribution in [3.05, 3.63) is 96.6 Å². The summed E-state index contributed by atoms with van der Waals surface area (Å²) in [5, 5.41) is 0. The van der Waals surface area contributed by atoms with Gasteiger partial charge in [-0.05, 0) is 42.7 Å². The Hall–Kier alpha value is -4.72. The number of imide groups is 2. The van der Waals surface area contributed by atoms with Crippen molar-refractivity contribution >= 4 is 35.0 Å². The second-order valence-electron chi connectivity index (χ2n) is 11.9. The molecule has 3 aliphatic carbocycles. The van der Waals surface area contributed by atoms with Crippen LogP contribution in [0.2, 0.25) is 0 Å². The van der Waals surface area contributed by atoms with Crippen molar-refractivity contribution in [2.75, 3.05) is 23.0 Å². The van der Waals surface area contributed by atoms with Crippen LogP contribution in [0.1, 0.15) is 32.3 Å². The van der Waals surface area contributed by atoms with Crippen LogP contribution in [0.15, 0.2) is 91.0 Å². The summed E-state index contributed by atoms with van der Waals surface area (Å²) < 4.78 is 11.9. The lowest BCUT2D eigenvalue weighted by Gasteiger charge is -2.53. The van der Waals surface area contributed by atoms with Crippen molar-refractivity contribution in [2.24, 2.45) is 29.6 Å². The van der Waals surface area contributed by atoms with Crippen LogP contribution in [0.3, 0.4) is 0 Å². The van der Waals surface area contributed by atoms with Crippen LogP contribution in [0.5, 0.6) is 11.5 Å². The number of allylic oxidation sites excluding steroid dienone is 2. The van der Waals surface area contributed by atoms with E-state index in [1.165, 1.54) is 9.80 Å². The average Bonchev–Trinajstić information content (AvgIpc) is 3.50. The lowest BCUT2D eigenvalue weighted by molar-refractivity contribution is -0.140. The summed E-state index contributed by atoms with van der Waals surface area (Å²) in [4.78, 5) is 60.6. The number of carbonyl (C=O) groups excluding carboxylic acids is 4. The van der Waals surface area contributed by atoms with Crippen molar-refractivity contribution in [1.82, 2.24) is 0 Å². The topological polar surface area (TPSA) is 93.2 Å². The molecule has 8 rings (SSSR count). The van der Waals surface area contributed by atoms with Gasteiger partial charge in [0.25, 0.3) is 0 Å². The maximum absolute atomic E-state index is 14.6. The Morgan fingerprint density at radius 3 is 1.55 bits per heavy atom. The Morgan fingerprint density at radius 2 is 1.07 bits per heavy atom. The predicted octanol–water partition coefficient (Wildman–Crippen LogP) is 5.31. The molecule has 224 valence electrons. The summed E-state index contributed by atoms with van der Waals surface area (Å²) in [6.07, 6.45) is 5.36. The Labute approximate surface area is 256 Å². The highest BCUT2D eigenvalue weighted by Crippen LogP contribution is 2.65. The smallest absolute Gasteiger partial charge is 0.239 e. The molecule has 5 aliphatic rings. The first kappa shape index (κ1) is 28.1. The number of rotatable bonds is 9. The van der Waals surface area contributed by atoms with E-state index in [2.05, 4.69) is 0 Å². The minimum absolute atomic E-state index is 0.369. The molecule has 1 saturated carbocycles. The van der Waals surface area contributed by atoms with Crippen LogP contribution in [0.25, 0.3) is 0 Å². The zero-order valence-corrected chi connectivity index (χ0v) is 24.7. The molecular weight excluding hydrogens is 556 g/mol. The molecule has 0 N–H and O–H groups in total. The zero-order chi connectivity index (χ0) is 30.6. The lowest BCUT2D eigenvalue weighted by Crippen LogP contribution is -2.60. The minimum atomic E-state index is -1.20. The molecule has 2 saturated heterocycles. The van der Waals surface area contributed by atoms with Gasteiger partial charge in [0.05, 0.1) is 48.3 Å². The van der Waals surface area contributed by atoms with E-state index in [0.29, 0.717) is 36.1 Å². The van der Waals surface area contributed by atoms with Crippen molar-refractivity contribution in [2.45, 2.75) is 32.1 Å². The summed E-state index contributed by atoms with van der Waals surface area (Å²) in [5.41, 5.74) is 0.308. The van der Waals surface area contributed by atoms with Crippen LogP contribution in [-0.4, -0.2) is 36.8 Å². The van der Waals surface area contributed by atoms with Gasteiger partial charge in [-0.15, -0.1) is 0 Å². The third kappa shape index (κ3) is 3.82. The maximum Gasteiger partial charge on any atom is 0.239 e. The molecule has 2 aliphatic heterocycles. The van der Waals surface area contributed by atoms with E-state index in [4.69, 9.17) is 9.47 Å². The number of hydrogen-bond donors (Lipinski definition) is 0. The molecule has 0 aromatic heterocycles. The largest absolute Gasteiger partial charge is 0.491 e.